The van der Waals surface area contributed by atoms with E-state index >= 15 is 0 Å². The standard InChI is InChI=1S/C27H25N3/c1-16-6-11-25-23(12-16)27-24(15-28-25)26(21-9-7-17(2)19(4)13-21)29-30(27)22-10-8-18(3)20(5)14-22/h6-15H,1-5H3. The molecule has 0 saturated carbocycles. The third-order valence-corrected chi connectivity index (χ3v) is 6.18. The van der Waals surface area contributed by atoms with Crippen molar-refractivity contribution in [2.45, 2.75) is 34.6 Å². The Morgan fingerprint density at radius 3 is 2.13 bits per heavy atom. The molecule has 0 saturated heterocycles. The maximum absolute atomic E-state index is 5.13. The first-order chi connectivity index (χ1) is 14.4. The number of hydrogen-bond donors (Lipinski definition) is 0. The van der Waals surface area contributed by atoms with Crippen LogP contribution in [-0.4, -0.2) is 14.8 Å². The summed E-state index contributed by atoms with van der Waals surface area (Å²) in [6, 6.07) is 19.5. The maximum atomic E-state index is 5.13. The summed E-state index contributed by atoms with van der Waals surface area (Å²) in [5.41, 5.74) is 11.6. The van der Waals surface area contributed by atoms with Crippen LogP contribution in [0.25, 0.3) is 38.8 Å². The van der Waals surface area contributed by atoms with Crippen molar-refractivity contribution in [3.8, 4) is 16.9 Å². The highest BCUT2D eigenvalue weighted by atomic mass is 15.3. The molecule has 2 aromatic heterocycles. The highest BCUT2D eigenvalue weighted by Gasteiger charge is 2.18. The van der Waals surface area contributed by atoms with Gasteiger partial charge >= 0.3 is 0 Å². The van der Waals surface area contributed by atoms with Crippen LogP contribution in [0.3, 0.4) is 0 Å². The van der Waals surface area contributed by atoms with E-state index in [1.165, 1.54) is 27.8 Å². The van der Waals surface area contributed by atoms with Gasteiger partial charge in [-0.1, -0.05) is 29.8 Å². The van der Waals surface area contributed by atoms with Crippen molar-refractivity contribution in [2.75, 3.05) is 0 Å². The molecule has 0 aliphatic heterocycles. The summed E-state index contributed by atoms with van der Waals surface area (Å²) in [5.74, 6) is 0. The van der Waals surface area contributed by atoms with Crippen LogP contribution >= 0.6 is 0 Å². The number of pyridine rings is 1. The molecule has 0 unspecified atom stereocenters. The lowest BCUT2D eigenvalue weighted by atomic mass is 10.0. The number of rotatable bonds is 2. The van der Waals surface area contributed by atoms with Gasteiger partial charge in [-0.15, -0.1) is 0 Å². The first-order valence-corrected chi connectivity index (χ1v) is 10.4. The lowest BCUT2D eigenvalue weighted by molar-refractivity contribution is 0.914. The summed E-state index contributed by atoms with van der Waals surface area (Å²) < 4.78 is 2.09. The average molecular weight is 392 g/mol. The predicted octanol–water partition coefficient (Wildman–Crippen LogP) is 6.78. The van der Waals surface area contributed by atoms with E-state index in [4.69, 9.17) is 10.1 Å². The van der Waals surface area contributed by atoms with Crippen molar-refractivity contribution in [1.29, 1.82) is 0 Å². The van der Waals surface area contributed by atoms with E-state index in [9.17, 15) is 0 Å². The van der Waals surface area contributed by atoms with Gasteiger partial charge in [-0.05, 0) is 87.2 Å². The Hall–Kier alpha value is -3.46. The second kappa shape index (κ2) is 6.81. The van der Waals surface area contributed by atoms with E-state index in [2.05, 4.69) is 93.9 Å². The summed E-state index contributed by atoms with van der Waals surface area (Å²) in [5, 5.41) is 7.34. The van der Waals surface area contributed by atoms with Crippen molar-refractivity contribution in [2.24, 2.45) is 0 Å². The molecule has 2 heterocycles. The Morgan fingerprint density at radius 1 is 0.667 bits per heavy atom. The highest BCUT2D eigenvalue weighted by Crippen LogP contribution is 2.35. The largest absolute Gasteiger partial charge is 0.255 e. The molecule has 148 valence electrons. The third-order valence-electron chi connectivity index (χ3n) is 6.18. The van der Waals surface area contributed by atoms with Gasteiger partial charge in [0.1, 0.15) is 5.69 Å². The fourth-order valence-electron chi connectivity index (χ4n) is 4.04. The summed E-state index contributed by atoms with van der Waals surface area (Å²) in [6.07, 6.45) is 1.97. The zero-order valence-electron chi connectivity index (χ0n) is 18.1. The van der Waals surface area contributed by atoms with E-state index in [0.29, 0.717) is 0 Å². The van der Waals surface area contributed by atoms with Crippen LogP contribution in [-0.2, 0) is 0 Å². The predicted molar refractivity (Wildman–Crippen MR) is 125 cm³/mol. The van der Waals surface area contributed by atoms with E-state index < -0.39 is 0 Å². The molecule has 0 atom stereocenters. The first kappa shape index (κ1) is 18.6. The fraction of sp³-hybridized carbons (Fsp3) is 0.185. The second-order valence-electron chi connectivity index (χ2n) is 8.37. The van der Waals surface area contributed by atoms with E-state index in [-0.39, 0.29) is 0 Å². The number of benzene rings is 3. The van der Waals surface area contributed by atoms with E-state index in [1.807, 2.05) is 6.20 Å². The smallest absolute Gasteiger partial charge is 0.102 e. The van der Waals surface area contributed by atoms with E-state index in [1.54, 1.807) is 0 Å². The molecular weight excluding hydrogens is 366 g/mol. The van der Waals surface area contributed by atoms with Gasteiger partial charge in [0.25, 0.3) is 0 Å². The lowest BCUT2D eigenvalue weighted by Crippen LogP contribution is -1.99. The summed E-state index contributed by atoms with van der Waals surface area (Å²) in [4.78, 5) is 4.76. The van der Waals surface area contributed by atoms with Crippen molar-refractivity contribution in [3.05, 3.63) is 88.6 Å². The number of hydrogen-bond acceptors (Lipinski definition) is 2. The Bertz CT molecular complexity index is 1440. The molecular formula is C27H25N3. The van der Waals surface area contributed by atoms with Gasteiger partial charge < -0.3 is 0 Å². The Balaban J connectivity index is 1.90. The van der Waals surface area contributed by atoms with Crippen LogP contribution in [0.5, 0.6) is 0 Å². The Morgan fingerprint density at radius 2 is 1.40 bits per heavy atom. The number of nitrogens with zero attached hydrogens (tertiary/aromatic N) is 3. The second-order valence-corrected chi connectivity index (χ2v) is 8.37. The quantitative estimate of drug-likeness (QED) is 0.332. The molecule has 0 spiro atoms. The minimum absolute atomic E-state index is 0.974. The molecule has 0 radical (unpaired) electrons. The van der Waals surface area contributed by atoms with E-state index in [0.717, 1.165) is 38.8 Å². The first-order valence-electron chi connectivity index (χ1n) is 10.4. The van der Waals surface area contributed by atoms with Crippen LogP contribution in [0.15, 0.2) is 60.8 Å². The van der Waals surface area contributed by atoms with Crippen LogP contribution in [0, 0.1) is 34.6 Å². The molecule has 0 fully saturated rings. The molecule has 0 aliphatic rings. The van der Waals surface area contributed by atoms with Gasteiger partial charge in [-0.3, -0.25) is 4.98 Å². The number of fused-ring (bicyclic) bond motifs is 3. The Labute approximate surface area is 177 Å². The zero-order chi connectivity index (χ0) is 21.0. The molecule has 0 N–H and O–H groups in total. The lowest BCUT2D eigenvalue weighted by Gasteiger charge is -2.09. The molecule has 3 aromatic carbocycles. The zero-order valence-corrected chi connectivity index (χ0v) is 18.1. The summed E-state index contributed by atoms with van der Waals surface area (Å²) in [6.45, 7) is 10.7. The van der Waals surface area contributed by atoms with Crippen LogP contribution in [0.1, 0.15) is 27.8 Å². The Kier molecular flexibility index (Phi) is 4.21. The third kappa shape index (κ3) is 2.89. The summed E-state index contributed by atoms with van der Waals surface area (Å²) >= 11 is 0. The van der Waals surface area contributed by atoms with Gasteiger partial charge in [-0.25, -0.2) is 4.68 Å². The maximum Gasteiger partial charge on any atom is 0.102 e. The average Bonchev–Trinajstić information content (AvgIpc) is 3.12. The van der Waals surface area contributed by atoms with Gasteiger partial charge in [0.15, 0.2) is 0 Å². The molecule has 5 rings (SSSR count). The molecule has 30 heavy (non-hydrogen) atoms. The van der Waals surface area contributed by atoms with Crippen molar-refractivity contribution >= 4 is 21.8 Å². The monoisotopic (exact) mass is 391 g/mol. The minimum atomic E-state index is 0.974. The SMILES string of the molecule is Cc1ccc2ncc3c(-c4ccc(C)c(C)c4)nn(-c4ccc(C)c(C)c4)c3c2c1. The molecule has 0 amide bonds. The van der Waals surface area contributed by atoms with Crippen LogP contribution in [0.4, 0.5) is 0 Å². The molecule has 0 aliphatic carbocycles. The van der Waals surface area contributed by atoms with Gasteiger partial charge in [-0.2, -0.15) is 5.10 Å². The van der Waals surface area contributed by atoms with Gasteiger partial charge in [0.05, 0.1) is 16.7 Å². The van der Waals surface area contributed by atoms with Crippen molar-refractivity contribution in [1.82, 2.24) is 14.8 Å². The number of aromatic nitrogens is 3. The van der Waals surface area contributed by atoms with Gasteiger partial charge in [0.2, 0.25) is 0 Å². The molecule has 3 nitrogen and oxygen atoms in total. The summed E-state index contributed by atoms with van der Waals surface area (Å²) in [7, 11) is 0. The van der Waals surface area contributed by atoms with Gasteiger partial charge in [0, 0.05) is 22.5 Å². The minimum Gasteiger partial charge on any atom is -0.255 e. The normalized spacial score (nSPS) is 11.5. The molecule has 3 heteroatoms. The fourth-order valence-corrected chi connectivity index (χ4v) is 4.04. The number of aryl methyl sites for hydroxylation is 5. The van der Waals surface area contributed by atoms with Crippen molar-refractivity contribution < 1.29 is 0 Å². The highest BCUT2D eigenvalue weighted by molar-refractivity contribution is 6.09. The molecule has 0 bridgehead atoms. The topological polar surface area (TPSA) is 30.7 Å². The molecule has 5 aromatic rings. The van der Waals surface area contributed by atoms with Crippen LogP contribution in [0.2, 0.25) is 0 Å². The van der Waals surface area contributed by atoms with Crippen molar-refractivity contribution in [3.63, 3.8) is 0 Å². The van der Waals surface area contributed by atoms with Crippen LogP contribution < -0.4 is 0 Å².